The Morgan fingerprint density at radius 1 is 1.10 bits per heavy atom. The fourth-order valence-corrected chi connectivity index (χ4v) is 6.14. The van der Waals surface area contributed by atoms with Gasteiger partial charge in [0, 0.05) is 22.8 Å². The third kappa shape index (κ3) is 3.07. The van der Waals surface area contributed by atoms with Crippen LogP contribution in [0.4, 0.5) is 5.69 Å². The number of para-hydroxylation sites is 1. The summed E-state index contributed by atoms with van der Waals surface area (Å²) < 4.78 is -0.202. The van der Waals surface area contributed by atoms with E-state index in [1.807, 2.05) is 60.0 Å². The number of carbonyl (C=O) groups is 2. The summed E-state index contributed by atoms with van der Waals surface area (Å²) in [4.78, 5) is 30.0. The molecule has 2 amide bonds. The molecule has 5 heteroatoms. The van der Waals surface area contributed by atoms with Crippen LogP contribution in [0.3, 0.4) is 0 Å². The summed E-state index contributed by atoms with van der Waals surface area (Å²) in [5, 5.41) is 0. The maximum absolute atomic E-state index is 14.0. The molecule has 2 aromatic rings. The number of benzene rings is 2. The number of hydrogen-bond acceptors (Lipinski definition) is 3. The van der Waals surface area contributed by atoms with Gasteiger partial charge in [0.25, 0.3) is 5.91 Å². The van der Waals surface area contributed by atoms with E-state index < -0.39 is 4.87 Å². The molecule has 2 aliphatic heterocycles. The molecule has 0 bridgehead atoms. The van der Waals surface area contributed by atoms with Crippen molar-refractivity contribution in [1.82, 2.24) is 4.90 Å². The quantitative estimate of drug-likeness (QED) is 0.739. The van der Waals surface area contributed by atoms with Crippen LogP contribution in [0.25, 0.3) is 0 Å². The van der Waals surface area contributed by atoms with Crippen molar-refractivity contribution in [3.05, 3.63) is 65.2 Å². The number of hydrogen-bond donors (Lipinski definition) is 0. The SMILES string of the molecule is Cc1ccccc1CN1C(=O)[C@]2(SC(C)(C)CN2C(=O)C(C)C)c2ccccc21. The second kappa shape index (κ2) is 6.91. The molecule has 0 unspecified atom stereocenters. The summed E-state index contributed by atoms with van der Waals surface area (Å²) in [6.07, 6.45) is 0. The van der Waals surface area contributed by atoms with Crippen molar-refractivity contribution in [2.75, 3.05) is 11.4 Å². The molecule has 4 nitrogen and oxygen atoms in total. The van der Waals surface area contributed by atoms with Gasteiger partial charge in [0.05, 0.1) is 12.2 Å². The maximum Gasteiger partial charge on any atom is 0.268 e. The van der Waals surface area contributed by atoms with E-state index in [-0.39, 0.29) is 22.5 Å². The van der Waals surface area contributed by atoms with Crippen molar-refractivity contribution in [3.63, 3.8) is 0 Å². The maximum atomic E-state index is 14.0. The Kier molecular flexibility index (Phi) is 4.77. The molecule has 29 heavy (non-hydrogen) atoms. The third-order valence-corrected chi connectivity index (χ3v) is 7.38. The fraction of sp³-hybridized carbons (Fsp3) is 0.417. The number of fused-ring (bicyclic) bond motifs is 2. The molecule has 0 N–H and O–H groups in total. The van der Waals surface area contributed by atoms with Gasteiger partial charge in [-0.2, -0.15) is 0 Å². The Morgan fingerprint density at radius 2 is 1.76 bits per heavy atom. The molecule has 0 saturated carbocycles. The Bertz CT molecular complexity index is 984. The highest BCUT2D eigenvalue weighted by molar-refractivity contribution is 8.02. The summed E-state index contributed by atoms with van der Waals surface area (Å²) in [6.45, 7) is 11.2. The average molecular weight is 409 g/mol. The predicted molar refractivity (Wildman–Crippen MR) is 119 cm³/mol. The third-order valence-electron chi connectivity index (χ3n) is 5.79. The van der Waals surface area contributed by atoms with E-state index in [1.165, 1.54) is 0 Å². The molecule has 2 aliphatic rings. The average Bonchev–Trinajstić information content (AvgIpc) is 3.09. The zero-order valence-electron chi connectivity index (χ0n) is 17.7. The summed E-state index contributed by atoms with van der Waals surface area (Å²) >= 11 is 1.61. The van der Waals surface area contributed by atoms with Crippen LogP contribution in [0.2, 0.25) is 0 Å². The van der Waals surface area contributed by atoms with Gasteiger partial charge in [0.1, 0.15) is 0 Å². The summed E-state index contributed by atoms with van der Waals surface area (Å²) in [5.74, 6) is -0.137. The largest absolute Gasteiger partial charge is 0.314 e. The Hall–Kier alpha value is -2.27. The van der Waals surface area contributed by atoms with Gasteiger partial charge in [-0.15, -0.1) is 11.8 Å². The second-order valence-electron chi connectivity index (χ2n) is 8.92. The van der Waals surface area contributed by atoms with E-state index in [2.05, 4.69) is 32.9 Å². The predicted octanol–water partition coefficient (Wildman–Crippen LogP) is 4.70. The van der Waals surface area contributed by atoms with E-state index >= 15 is 0 Å². The molecule has 4 rings (SSSR count). The number of carbonyl (C=O) groups excluding carboxylic acids is 2. The molecule has 1 atom stereocenters. The molecule has 2 heterocycles. The summed E-state index contributed by atoms with van der Waals surface area (Å²) in [5.41, 5.74) is 4.13. The minimum atomic E-state index is -0.982. The summed E-state index contributed by atoms with van der Waals surface area (Å²) in [7, 11) is 0. The first-order valence-electron chi connectivity index (χ1n) is 10.1. The highest BCUT2D eigenvalue weighted by Crippen LogP contribution is 2.60. The van der Waals surface area contributed by atoms with Crippen molar-refractivity contribution in [3.8, 4) is 0 Å². The minimum absolute atomic E-state index is 0.00784. The molecule has 0 radical (unpaired) electrons. The van der Waals surface area contributed by atoms with E-state index in [1.54, 1.807) is 11.8 Å². The van der Waals surface area contributed by atoms with Crippen LogP contribution in [0.1, 0.15) is 44.4 Å². The highest BCUT2D eigenvalue weighted by atomic mass is 32.2. The lowest BCUT2D eigenvalue weighted by molar-refractivity contribution is -0.143. The van der Waals surface area contributed by atoms with Crippen molar-refractivity contribution in [2.45, 2.75) is 50.8 Å². The van der Waals surface area contributed by atoms with Crippen LogP contribution < -0.4 is 4.90 Å². The van der Waals surface area contributed by atoms with Gasteiger partial charge in [0.2, 0.25) is 5.91 Å². The highest BCUT2D eigenvalue weighted by Gasteiger charge is 2.63. The van der Waals surface area contributed by atoms with Gasteiger partial charge < -0.3 is 9.80 Å². The normalized spacial score (nSPS) is 22.6. The lowest BCUT2D eigenvalue weighted by atomic mass is 10.0. The van der Waals surface area contributed by atoms with Crippen LogP contribution >= 0.6 is 11.8 Å². The molecule has 1 fully saturated rings. The van der Waals surface area contributed by atoms with Crippen molar-refractivity contribution in [2.24, 2.45) is 5.92 Å². The first-order chi connectivity index (χ1) is 13.7. The zero-order chi connectivity index (χ0) is 21.0. The number of nitrogens with zero attached hydrogens (tertiary/aromatic N) is 2. The molecular formula is C24H28N2O2S. The zero-order valence-corrected chi connectivity index (χ0v) is 18.5. The van der Waals surface area contributed by atoms with Gasteiger partial charge in [0.15, 0.2) is 4.87 Å². The van der Waals surface area contributed by atoms with Crippen LogP contribution in [-0.4, -0.2) is 28.0 Å². The number of anilines is 1. The first-order valence-corrected chi connectivity index (χ1v) is 11.0. The first kappa shape index (κ1) is 20.0. The number of amides is 2. The van der Waals surface area contributed by atoms with Crippen LogP contribution in [-0.2, 0) is 21.0 Å². The van der Waals surface area contributed by atoms with E-state index in [0.29, 0.717) is 13.1 Å². The van der Waals surface area contributed by atoms with E-state index in [9.17, 15) is 9.59 Å². The lowest BCUT2D eigenvalue weighted by Gasteiger charge is -2.34. The molecule has 0 aromatic heterocycles. The standard InChI is InChI=1S/C24H28N2O2S/c1-16(2)21(27)26-15-23(4,5)29-24(26)19-12-8-9-13-20(19)25(22(24)28)14-18-11-7-6-10-17(18)3/h6-13,16H,14-15H2,1-5H3/t24-/m1/s1. The fourth-order valence-electron chi connectivity index (χ4n) is 4.40. The molecule has 152 valence electrons. The molecular weight excluding hydrogens is 380 g/mol. The number of rotatable bonds is 3. The van der Waals surface area contributed by atoms with Crippen LogP contribution in [0, 0.1) is 12.8 Å². The van der Waals surface area contributed by atoms with E-state index in [0.717, 1.165) is 22.4 Å². The molecule has 1 saturated heterocycles. The smallest absolute Gasteiger partial charge is 0.268 e. The summed E-state index contributed by atoms with van der Waals surface area (Å²) in [6, 6.07) is 16.1. The topological polar surface area (TPSA) is 40.6 Å². The number of thioether (sulfide) groups is 1. The minimum Gasteiger partial charge on any atom is -0.314 e. The van der Waals surface area contributed by atoms with Crippen LogP contribution in [0.5, 0.6) is 0 Å². The van der Waals surface area contributed by atoms with Crippen molar-refractivity contribution in [1.29, 1.82) is 0 Å². The monoisotopic (exact) mass is 408 g/mol. The number of aryl methyl sites for hydroxylation is 1. The van der Waals surface area contributed by atoms with Gasteiger partial charge in [-0.1, -0.05) is 56.3 Å². The van der Waals surface area contributed by atoms with Gasteiger partial charge >= 0.3 is 0 Å². The molecule has 0 aliphatic carbocycles. The van der Waals surface area contributed by atoms with Crippen LogP contribution in [0.15, 0.2) is 48.5 Å². The molecule has 2 aromatic carbocycles. The molecule has 1 spiro atoms. The van der Waals surface area contributed by atoms with Crippen molar-refractivity contribution >= 4 is 29.3 Å². The Balaban J connectivity index is 1.85. The van der Waals surface area contributed by atoms with Gasteiger partial charge in [-0.3, -0.25) is 9.59 Å². The van der Waals surface area contributed by atoms with Crippen molar-refractivity contribution < 1.29 is 9.59 Å². The van der Waals surface area contributed by atoms with Gasteiger partial charge in [-0.25, -0.2) is 0 Å². The Labute approximate surface area is 177 Å². The Morgan fingerprint density at radius 3 is 2.45 bits per heavy atom. The van der Waals surface area contributed by atoms with Gasteiger partial charge in [-0.05, 0) is 38.0 Å². The second-order valence-corrected chi connectivity index (χ2v) is 10.8. The lowest BCUT2D eigenvalue weighted by Crippen LogP contribution is -2.51. The van der Waals surface area contributed by atoms with E-state index in [4.69, 9.17) is 0 Å².